The minimum Gasteiger partial charge on any atom is -0.353 e. The average molecular weight is 586 g/mol. The molecule has 6 heteroatoms. The number of halogens is 2. The second kappa shape index (κ2) is 10.7. The van der Waals surface area contributed by atoms with Gasteiger partial charge < -0.3 is 14.2 Å². The molecule has 1 saturated heterocycles. The fourth-order valence-electron chi connectivity index (χ4n) is 4.31. The minimum atomic E-state index is -0.976. The molecule has 3 aromatic carbocycles. The summed E-state index contributed by atoms with van der Waals surface area (Å²) in [6.45, 7) is 3.44. The highest BCUT2D eigenvalue weighted by Gasteiger charge is 2.45. The SMILES string of the molecule is CC1(C)O[C@@H](C=C(Br)Br)[C@@H](C(=O)COC(c2ccccc2)(c2ccccc2)c2ccccc2)O1. The Morgan fingerprint density at radius 1 is 0.853 bits per heavy atom. The summed E-state index contributed by atoms with van der Waals surface area (Å²) in [5, 5.41) is 0. The molecular formula is C28H26Br2O4. The lowest BCUT2D eigenvalue weighted by Crippen LogP contribution is -2.39. The molecule has 1 aliphatic rings. The third-order valence-electron chi connectivity index (χ3n) is 5.71. The van der Waals surface area contributed by atoms with E-state index in [0.29, 0.717) is 3.39 Å². The summed E-state index contributed by atoms with van der Waals surface area (Å²) < 4.78 is 19.3. The molecule has 0 N–H and O–H groups in total. The Labute approximate surface area is 217 Å². The molecule has 1 heterocycles. The van der Waals surface area contributed by atoms with Crippen LogP contribution in [-0.4, -0.2) is 30.4 Å². The van der Waals surface area contributed by atoms with E-state index in [1.165, 1.54) is 0 Å². The van der Waals surface area contributed by atoms with Crippen LogP contribution >= 0.6 is 31.9 Å². The van der Waals surface area contributed by atoms with Crippen LogP contribution in [0.3, 0.4) is 0 Å². The number of benzene rings is 3. The van der Waals surface area contributed by atoms with Gasteiger partial charge in [-0.25, -0.2) is 0 Å². The second-order valence-electron chi connectivity index (χ2n) is 8.51. The Hall–Kier alpha value is -2.09. The van der Waals surface area contributed by atoms with Gasteiger partial charge in [-0.2, -0.15) is 0 Å². The first kappa shape index (κ1) is 25.0. The lowest BCUT2D eigenvalue weighted by molar-refractivity contribution is -0.157. The molecule has 0 aromatic heterocycles. The first-order valence-corrected chi connectivity index (χ1v) is 12.6. The van der Waals surface area contributed by atoms with E-state index in [2.05, 4.69) is 31.9 Å². The molecular weight excluding hydrogens is 560 g/mol. The van der Waals surface area contributed by atoms with Crippen molar-refractivity contribution in [3.05, 3.63) is 117 Å². The molecule has 0 radical (unpaired) electrons. The summed E-state index contributed by atoms with van der Waals surface area (Å²) in [5.74, 6) is -1.08. The van der Waals surface area contributed by atoms with Crippen molar-refractivity contribution in [3.63, 3.8) is 0 Å². The third kappa shape index (κ3) is 5.42. The van der Waals surface area contributed by atoms with Gasteiger partial charge in [-0.1, -0.05) is 91.0 Å². The van der Waals surface area contributed by atoms with Crippen molar-refractivity contribution in [1.29, 1.82) is 0 Å². The molecule has 176 valence electrons. The van der Waals surface area contributed by atoms with Gasteiger partial charge in [0.15, 0.2) is 17.7 Å². The highest BCUT2D eigenvalue weighted by atomic mass is 79.9. The first-order valence-electron chi connectivity index (χ1n) is 11.0. The maximum Gasteiger partial charge on any atom is 0.190 e. The highest BCUT2D eigenvalue weighted by molar-refractivity contribution is 9.28. The number of Topliss-reactive ketones (excluding diaryl/α,β-unsaturated/α-hetero) is 1. The van der Waals surface area contributed by atoms with E-state index in [9.17, 15) is 4.79 Å². The van der Waals surface area contributed by atoms with E-state index >= 15 is 0 Å². The van der Waals surface area contributed by atoms with Crippen LogP contribution in [-0.2, 0) is 24.6 Å². The van der Waals surface area contributed by atoms with E-state index in [0.717, 1.165) is 16.7 Å². The van der Waals surface area contributed by atoms with E-state index in [4.69, 9.17) is 14.2 Å². The molecule has 2 atom stereocenters. The number of rotatable bonds is 8. The highest BCUT2D eigenvalue weighted by Crippen LogP contribution is 2.41. The number of hydrogen-bond donors (Lipinski definition) is 0. The molecule has 1 aliphatic heterocycles. The lowest BCUT2D eigenvalue weighted by atomic mass is 9.80. The molecule has 1 fully saturated rings. The molecule has 0 bridgehead atoms. The van der Waals surface area contributed by atoms with E-state index < -0.39 is 23.6 Å². The Morgan fingerprint density at radius 2 is 1.29 bits per heavy atom. The van der Waals surface area contributed by atoms with Crippen LogP contribution in [0.2, 0.25) is 0 Å². The van der Waals surface area contributed by atoms with Crippen LogP contribution in [0.5, 0.6) is 0 Å². The zero-order chi connectivity index (χ0) is 24.2. The minimum absolute atomic E-state index is 0.160. The van der Waals surface area contributed by atoms with E-state index in [-0.39, 0.29) is 12.4 Å². The Morgan fingerprint density at radius 3 is 1.71 bits per heavy atom. The van der Waals surface area contributed by atoms with Gasteiger partial charge in [0.2, 0.25) is 0 Å². The quantitative estimate of drug-likeness (QED) is 0.275. The summed E-state index contributed by atoms with van der Waals surface area (Å²) in [7, 11) is 0. The summed E-state index contributed by atoms with van der Waals surface area (Å²) in [4.78, 5) is 13.5. The summed E-state index contributed by atoms with van der Waals surface area (Å²) in [5.41, 5.74) is 1.83. The van der Waals surface area contributed by atoms with Gasteiger partial charge in [0, 0.05) is 0 Å². The number of ketones is 1. The summed E-state index contributed by atoms with van der Waals surface area (Å²) >= 11 is 6.72. The van der Waals surface area contributed by atoms with Crippen molar-refractivity contribution in [2.75, 3.05) is 6.61 Å². The number of carbonyl (C=O) groups is 1. The van der Waals surface area contributed by atoms with Crippen molar-refractivity contribution in [1.82, 2.24) is 0 Å². The number of ether oxygens (including phenoxy) is 3. The molecule has 0 saturated carbocycles. The standard InChI is InChI=1S/C28H26Br2O4/c1-27(2)33-24(18-25(29)30)26(34-27)23(31)19-32-28(20-12-6-3-7-13-20,21-14-8-4-9-15-21)22-16-10-5-11-17-22/h3-18,24,26H,19H2,1-2H3/t24-,26+/m0/s1. The van der Waals surface area contributed by atoms with Crippen LogP contribution in [0.1, 0.15) is 30.5 Å². The summed E-state index contributed by atoms with van der Waals surface area (Å²) in [6.07, 6.45) is 0.440. The van der Waals surface area contributed by atoms with Gasteiger partial charge in [-0.05, 0) is 68.5 Å². The Bertz CT molecular complexity index is 1030. The smallest absolute Gasteiger partial charge is 0.190 e. The largest absolute Gasteiger partial charge is 0.353 e. The first-order chi connectivity index (χ1) is 16.3. The Kier molecular flexibility index (Phi) is 7.85. The van der Waals surface area contributed by atoms with Gasteiger partial charge in [0.05, 0.1) is 3.39 Å². The molecule has 0 unspecified atom stereocenters. The number of carbonyl (C=O) groups excluding carboxylic acids is 1. The van der Waals surface area contributed by atoms with Gasteiger partial charge in [-0.15, -0.1) is 0 Å². The second-order valence-corrected chi connectivity index (χ2v) is 11.3. The van der Waals surface area contributed by atoms with Crippen LogP contribution in [0.4, 0.5) is 0 Å². The molecule has 0 spiro atoms. The topological polar surface area (TPSA) is 44.8 Å². The predicted molar refractivity (Wildman–Crippen MR) is 140 cm³/mol. The van der Waals surface area contributed by atoms with Crippen molar-refractivity contribution in [3.8, 4) is 0 Å². The van der Waals surface area contributed by atoms with Gasteiger partial charge in [-0.3, -0.25) is 4.79 Å². The predicted octanol–water partition coefficient (Wildman–Crippen LogP) is 6.72. The molecule has 4 nitrogen and oxygen atoms in total. The molecule has 0 aliphatic carbocycles. The fraction of sp³-hybridized carbons (Fsp3) is 0.250. The molecule has 4 rings (SSSR count). The zero-order valence-electron chi connectivity index (χ0n) is 19.0. The van der Waals surface area contributed by atoms with Crippen LogP contribution in [0.25, 0.3) is 0 Å². The lowest BCUT2D eigenvalue weighted by Gasteiger charge is -2.36. The molecule has 3 aromatic rings. The zero-order valence-corrected chi connectivity index (χ0v) is 22.2. The van der Waals surface area contributed by atoms with Gasteiger partial charge in [0.1, 0.15) is 18.3 Å². The monoisotopic (exact) mass is 584 g/mol. The van der Waals surface area contributed by atoms with Crippen LogP contribution in [0, 0.1) is 0 Å². The maximum atomic E-state index is 13.5. The van der Waals surface area contributed by atoms with Crippen molar-refractivity contribution in [2.45, 2.75) is 37.4 Å². The molecule has 0 amide bonds. The van der Waals surface area contributed by atoms with Crippen molar-refractivity contribution >= 4 is 37.6 Å². The number of hydrogen-bond acceptors (Lipinski definition) is 4. The van der Waals surface area contributed by atoms with Gasteiger partial charge in [0.25, 0.3) is 0 Å². The van der Waals surface area contributed by atoms with Crippen molar-refractivity contribution in [2.24, 2.45) is 0 Å². The third-order valence-corrected chi connectivity index (χ3v) is 6.24. The van der Waals surface area contributed by atoms with E-state index in [1.807, 2.05) is 91.0 Å². The van der Waals surface area contributed by atoms with Crippen LogP contribution in [0.15, 0.2) is 100 Å². The Balaban J connectivity index is 1.74. The van der Waals surface area contributed by atoms with E-state index in [1.54, 1.807) is 19.9 Å². The average Bonchev–Trinajstić information content (AvgIpc) is 3.14. The summed E-state index contributed by atoms with van der Waals surface area (Å²) in [6, 6.07) is 29.9. The normalized spacial score (nSPS) is 19.5. The molecule has 34 heavy (non-hydrogen) atoms. The maximum absolute atomic E-state index is 13.5. The van der Waals surface area contributed by atoms with Crippen molar-refractivity contribution < 1.29 is 19.0 Å². The van der Waals surface area contributed by atoms with Gasteiger partial charge >= 0.3 is 0 Å². The fourth-order valence-corrected chi connectivity index (χ4v) is 4.84. The van der Waals surface area contributed by atoms with Crippen LogP contribution < -0.4 is 0 Å².